The summed E-state index contributed by atoms with van der Waals surface area (Å²) in [6.07, 6.45) is 1.90. The van der Waals surface area contributed by atoms with Crippen LogP contribution in [0.1, 0.15) is 17.0 Å². The van der Waals surface area contributed by atoms with Crippen LogP contribution in [-0.2, 0) is 4.79 Å². The molecule has 2 N–H and O–H groups in total. The van der Waals surface area contributed by atoms with Gasteiger partial charge in [-0.05, 0) is 18.6 Å². The van der Waals surface area contributed by atoms with Crippen LogP contribution < -0.4 is 5.32 Å². The Morgan fingerprint density at radius 3 is 2.77 bits per heavy atom. The highest BCUT2D eigenvalue weighted by Gasteiger charge is 2.31. The first-order chi connectivity index (χ1) is 10.6. The van der Waals surface area contributed by atoms with E-state index in [2.05, 4.69) is 15.4 Å². The highest BCUT2D eigenvalue weighted by molar-refractivity contribution is 8.00. The van der Waals surface area contributed by atoms with Crippen molar-refractivity contribution in [1.82, 2.24) is 20.1 Å². The number of nitrogens with one attached hydrogen (secondary N) is 1. The van der Waals surface area contributed by atoms with E-state index in [1.807, 2.05) is 30.3 Å². The molecule has 1 saturated heterocycles. The molecule has 2 heterocycles. The topological polar surface area (TPSA) is 97.1 Å². The molecule has 0 spiro atoms. The Kier molecular flexibility index (Phi) is 4.10. The Morgan fingerprint density at radius 2 is 2.09 bits per heavy atom. The van der Waals surface area contributed by atoms with E-state index in [9.17, 15) is 9.59 Å². The monoisotopic (exact) mass is 318 g/mol. The molecule has 8 heteroatoms. The van der Waals surface area contributed by atoms with Crippen molar-refractivity contribution in [3.63, 3.8) is 0 Å². The molecule has 3 rings (SSSR count). The predicted octanol–water partition coefficient (Wildman–Crippen LogP) is 0.956. The van der Waals surface area contributed by atoms with E-state index >= 15 is 0 Å². The van der Waals surface area contributed by atoms with Gasteiger partial charge in [-0.25, -0.2) is 9.67 Å². The molecular formula is C14H14N4O3S. The van der Waals surface area contributed by atoms with E-state index < -0.39 is 11.2 Å². The summed E-state index contributed by atoms with van der Waals surface area (Å²) in [6.45, 7) is 0. The largest absolute Gasteiger partial charge is 0.480 e. The van der Waals surface area contributed by atoms with Crippen molar-refractivity contribution < 1.29 is 14.7 Å². The summed E-state index contributed by atoms with van der Waals surface area (Å²) in [5.74, 6) is -0.561. The SMILES string of the molecule is O=C(N[C@@H]1CS[C@H](C(=O)O)C1)c1ncn(-c2ccccc2)n1. The van der Waals surface area contributed by atoms with Gasteiger partial charge in [-0.1, -0.05) is 18.2 Å². The summed E-state index contributed by atoms with van der Waals surface area (Å²) < 4.78 is 1.53. The molecule has 1 amide bonds. The number of para-hydroxylation sites is 1. The molecule has 0 radical (unpaired) electrons. The van der Waals surface area contributed by atoms with Crippen LogP contribution in [0, 0.1) is 0 Å². The Hall–Kier alpha value is -2.35. The number of carboxylic acid groups (broad SMARTS) is 1. The van der Waals surface area contributed by atoms with Gasteiger partial charge in [-0.15, -0.1) is 16.9 Å². The van der Waals surface area contributed by atoms with Crippen LogP contribution in [0.25, 0.3) is 5.69 Å². The molecule has 0 saturated carbocycles. The highest BCUT2D eigenvalue weighted by Crippen LogP contribution is 2.26. The van der Waals surface area contributed by atoms with Crippen molar-refractivity contribution in [2.75, 3.05) is 5.75 Å². The second kappa shape index (κ2) is 6.18. The van der Waals surface area contributed by atoms with Crippen LogP contribution >= 0.6 is 11.8 Å². The third-order valence-corrected chi connectivity index (χ3v) is 4.71. The van der Waals surface area contributed by atoms with Gasteiger partial charge in [-0.2, -0.15) is 0 Å². The second-order valence-corrected chi connectivity index (χ2v) is 6.15. The minimum atomic E-state index is -0.840. The van der Waals surface area contributed by atoms with E-state index in [1.54, 1.807) is 0 Å². The number of hydrogen-bond acceptors (Lipinski definition) is 5. The van der Waals surface area contributed by atoms with E-state index in [-0.39, 0.29) is 17.8 Å². The van der Waals surface area contributed by atoms with Crippen molar-refractivity contribution >= 4 is 23.6 Å². The first-order valence-corrected chi connectivity index (χ1v) is 7.80. The molecule has 1 aromatic carbocycles. The molecule has 1 aliphatic heterocycles. The number of carboxylic acids is 1. The van der Waals surface area contributed by atoms with E-state index in [0.717, 1.165) is 5.69 Å². The quantitative estimate of drug-likeness (QED) is 0.871. The molecule has 2 aromatic rings. The summed E-state index contributed by atoms with van der Waals surface area (Å²) in [7, 11) is 0. The lowest BCUT2D eigenvalue weighted by molar-refractivity contribution is -0.136. The minimum absolute atomic E-state index is 0.0765. The molecular weight excluding hydrogens is 304 g/mol. The Balaban J connectivity index is 1.64. The average molecular weight is 318 g/mol. The maximum Gasteiger partial charge on any atom is 0.316 e. The molecule has 0 unspecified atom stereocenters. The summed E-state index contributed by atoms with van der Waals surface area (Å²) in [5, 5.41) is 15.4. The van der Waals surface area contributed by atoms with E-state index in [1.165, 1.54) is 22.8 Å². The number of carbonyl (C=O) groups excluding carboxylic acids is 1. The fraction of sp³-hybridized carbons (Fsp3) is 0.286. The highest BCUT2D eigenvalue weighted by atomic mass is 32.2. The molecule has 0 aliphatic carbocycles. The van der Waals surface area contributed by atoms with Crippen LogP contribution in [0.5, 0.6) is 0 Å². The van der Waals surface area contributed by atoms with E-state index in [0.29, 0.717) is 12.2 Å². The minimum Gasteiger partial charge on any atom is -0.480 e. The molecule has 0 bridgehead atoms. The summed E-state index contributed by atoms with van der Waals surface area (Å²) in [4.78, 5) is 27.0. The van der Waals surface area contributed by atoms with Gasteiger partial charge in [0.1, 0.15) is 11.6 Å². The zero-order valence-electron chi connectivity index (χ0n) is 11.5. The number of aromatic nitrogens is 3. The lowest BCUT2D eigenvalue weighted by atomic mass is 10.2. The molecule has 1 fully saturated rings. The zero-order chi connectivity index (χ0) is 15.5. The molecule has 114 valence electrons. The summed E-state index contributed by atoms with van der Waals surface area (Å²) in [5.41, 5.74) is 0.816. The lowest BCUT2D eigenvalue weighted by Gasteiger charge is -2.09. The number of nitrogens with zero attached hydrogens (tertiary/aromatic N) is 3. The van der Waals surface area contributed by atoms with Crippen LogP contribution in [0.15, 0.2) is 36.7 Å². The van der Waals surface area contributed by atoms with Gasteiger partial charge in [0.05, 0.1) is 5.69 Å². The van der Waals surface area contributed by atoms with Crippen molar-refractivity contribution in [3.8, 4) is 5.69 Å². The Morgan fingerprint density at radius 1 is 1.32 bits per heavy atom. The van der Waals surface area contributed by atoms with Gasteiger partial charge in [0.25, 0.3) is 5.91 Å². The number of thioether (sulfide) groups is 1. The first kappa shape index (κ1) is 14.6. The molecule has 1 aromatic heterocycles. The van der Waals surface area contributed by atoms with Crippen LogP contribution in [0.3, 0.4) is 0 Å². The number of aliphatic carboxylic acids is 1. The molecule has 7 nitrogen and oxygen atoms in total. The number of amides is 1. The summed E-state index contributed by atoms with van der Waals surface area (Å²) in [6, 6.07) is 9.20. The second-order valence-electron chi connectivity index (χ2n) is 4.91. The maximum atomic E-state index is 12.1. The third kappa shape index (κ3) is 3.11. The smallest absolute Gasteiger partial charge is 0.316 e. The fourth-order valence-corrected chi connectivity index (χ4v) is 3.42. The number of rotatable bonds is 4. The van der Waals surface area contributed by atoms with Crippen molar-refractivity contribution in [2.24, 2.45) is 0 Å². The average Bonchev–Trinajstić information content (AvgIpc) is 3.17. The number of carbonyl (C=O) groups is 2. The molecule has 2 atom stereocenters. The Bertz CT molecular complexity index is 688. The van der Waals surface area contributed by atoms with E-state index in [4.69, 9.17) is 5.11 Å². The van der Waals surface area contributed by atoms with Gasteiger partial charge in [0.15, 0.2) is 0 Å². The van der Waals surface area contributed by atoms with Crippen LogP contribution in [0.2, 0.25) is 0 Å². The number of hydrogen-bond donors (Lipinski definition) is 2. The van der Waals surface area contributed by atoms with Gasteiger partial charge < -0.3 is 10.4 Å². The predicted molar refractivity (Wildman–Crippen MR) is 81.1 cm³/mol. The third-order valence-electron chi connectivity index (χ3n) is 3.32. The summed E-state index contributed by atoms with van der Waals surface area (Å²) >= 11 is 1.34. The van der Waals surface area contributed by atoms with Crippen LogP contribution in [0.4, 0.5) is 0 Å². The zero-order valence-corrected chi connectivity index (χ0v) is 12.4. The van der Waals surface area contributed by atoms with Gasteiger partial charge in [-0.3, -0.25) is 9.59 Å². The first-order valence-electron chi connectivity index (χ1n) is 6.76. The van der Waals surface area contributed by atoms with Gasteiger partial charge in [0.2, 0.25) is 5.82 Å². The molecule has 22 heavy (non-hydrogen) atoms. The maximum absolute atomic E-state index is 12.1. The lowest BCUT2D eigenvalue weighted by Crippen LogP contribution is -2.36. The van der Waals surface area contributed by atoms with Gasteiger partial charge in [0, 0.05) is 11.8 Å². The Labute approximate surface area is 130 Å². The normalized spacial score (nSPS) is 20.7. The number of benzene rings is 1. The van der Waals surface area contributed by atoms with Crippen LogP contribution in [-0.4, -0.2) is 48.8 Å². The van der Waals surface area contributed by atoms with Crippen molar-refractivity contribution in [2.45, 2.75) is 17.7 Å². The van der Waals surface area contributed by atoms with Gasteiger partial charge >= 0.3 is 5.97 Å². The van der Waals surface area contributed by atoms with Crippen molar-refractivity contribution in [1.29, 1.82) is 0 Å². The fourth-order valence-electron chi connectivity index (χ4n) is 2.22. The molecule has 1 aliphatic rings. The standard InChI is InChI=1S/C14H14N4O3S/c19-13(16-9-6-11(14(20)21)22-7-9)12-15-8-18(17-12)10-4-2-1-3-5-10/h1-5,8-9,11H,6-7H2,(H,16,19)(H,20,21)/t9-,11-/m0/s1. The van der Waals surface area contributed by atoms with Crippen molar-refractivity contribution in [3.05, 3.63) is 42.5 Å².